The molecule has 6 nitrogen and oxygen atoms in total. The predicted octanol–water partition coefficient (Wildman–Crippen LogP) is 2.47. The lowest BCUT2D eigenvalue weighted by atomic mass is 10.1. The molecule has 1 aromatic heterocycles. The summed E-state index contributed by atoms with van der Waals surface area (Å²) in [6, 6.07) is 9.80. The zero-order valence-electron chi connectivity index (χ0n) is 13.4. The van der Waals surface area contributed by atoms with Crippen LogP contribution in [0.25, 0.3) is 0 Å². The van der Waals surface area contributed by atoms with Crippen LogP contribution in [0.5, 0.6) is 0 Å². The summed E-state index contributed by atoms with van der Waals surface area (Å²) in [7, 11) is 0. The van der Waals surface area contributed by atoms with Crippen molar-refractivity contribution in [1.29, 1.82) is 0 Å². The Kier molecular flexibility index (Phi) is 4.06. The van der Waals surface area contributed by atoms with Crippen molar-refractivity contribution in [3.8, 4) is 0 Å². The highest BCUT2D eigenvalue weighted by atomic mass is 16.2. The molecule has 0 aliphatic carbocycles. The molecular weight excluding hydrogens is 290 g/mol. The second kappa shape index (κ2) is 6.16. The maximum atomic E-state index is 12.2. The maximum Gasteiger partial charge on any atom is 0.272 e. The smallest absolute Gasteiger partial charge is 0.272 e. The third-order valence-corrected chi connectivity index (χ3v) is 3.67. The number of hydrogen-bond acceptors (Lipinski definition) is 5. The van der Waals surface area contributed by atoms with E-state index in [-0.39, 0.29) is 5.91 Å². The third kappa shape index (κ3) is 3.21. The number of carbonyl (C=O) groups excluding carboxylic acids is 1. The van der Waals surface area contributed by atoms with Crippen molar-refractivity contribution in [2.45, 2.75) is 33.5 Å². The van der Waals surface area contributed by atoms with E-state index in [1.165, 1.54) is 11.8 Å². The van der Waals surface area contributed by atoms with Crippen LogP contribution >= 0.6 is 0 Å². The number of carbonyl (C=O) groups is 1. The minimum absolute atomic E-state index is 0.156. The van der Waals surface area contributed by atoms with Crippen molar-refractivity contribution in [3.05, 3.63) is 47.3 Å². The third-order valence-electron chi connectivity index (χ3n) is 3.67. The van der Waals surface area contributed by atoms with Crippen molar-refractivity contribution in [2.24, 2.45) is 4.99 Å². The van der Waals surface area contributed by atoms with Gasteiger partial charge >= 0.3 is 0 Å². The number of aliphatic imine (C=N–C) groups is 1. The van der Waals surface area contributed by atoms with Gasteiger partial charge in [-0.1, -0.05) is 19.1 Å². The molecule has 3 rings (SSSR count). The maximum absolute atomic E-state index is 12.2. The van der Waals surface area contributed by atoms with E-state index < -0.39 is 6.29 Å². The van der Waals surface area contributed by atoms with Crippen LogP contribution < -0.4 is 10.2 Å². The van der Waals surface area contributed by atoms with Gasteiger partial charge in [0.1, 0.15) is 0 Å². The standard InChI is InChI=1S/C17H19N5O/c1-4-13-5-7-14(8-6-13)22-15(23)10-18-17(22)21-16-19-11(2)9-12(3)20-16/h5-10,17H,4H2,1-3H3,(H,19,20,21). The highest BCUT2D eigenvalue weighted by molar-refractivity contribution is 6.34. The number of aryl methyl sites for hydroxylation is 3. The molecule has 6 heteroatoms. The lowest BCUT2D eigenvalue weighted by Gasteiger charge is -2.24. The predicted molar refractivity (Wildman–Crippen MR) is 90.7 cm³/mol. The van der Waals surface area contributed by atoms with E-state index in [0.717, 1.165) is 23.5 Å². The molecule has 1 atom stereocenters. The van der Waals surface area contributed by atoms with Gasteiger partial charge in [-0.3, -0.25) is 9.69 Å². The van der Waals surface area contributed by atoms with E-state index in [0.29, 0.717) is 5.95 Å². The molecule has 1 aromatic carbocycles. The molecule has 2 aromatic rings. The molecule has 0 bridgehead atoms. The Morgan fingerprint density at radius 2 is 1.78 bits per heavy atom. The largest absolute Gasteiger partial charge is 0.315 e. The molecule has 1 aliphatic rings. The Morgan fingerprint density at radius 1 is 1.13 bits per heavy atom. The highest BCUT2D eigenvalue weighted by Gasteiger charge is 2.29. The number of anilines is 2. The van der Waals surface area contributed by atoms with Gasteiger partial charge in [0, 0.05) is 17.1 Å². The summed E-state index contributed by atoms with van der Waals surface area (Å²) in [5.41, 5.74) is 3.76. The second-order valence-corrected chi connectivity index (χ2v) is 5.50. The van der Waals surface area contributed by atoms with Gasteiger partial charge in [-0.05, 0) is 44.0 Å². The first-order valence-corrected chi connectivity index (χ1v) is 7.61. The van der Waals surface area contributed by atoms with E-state index in [4.69, 9.17) is 0 Å². The highest BCUT2D eigenvalue weighted by Crippen LogP contribution is 2.22. The Balaban J connectivity index is 1.85. The second-order valence-electron chi connectivity index (χ2n) is 5.50. The normalized spacial score (nSPS) is 16.9. The van der Waals surface area contributed by atoms with Crippen molar-refractivity contribution in [2.75, 3.05) is 10.2 Å². The van der Waals surface area contributed by atoms with Crippen molar-refractivity contribution in [3.63, 3.8) is 0 Å². The van der Waals surface area contributed by atoms with Crippen LogP contribution in [0, 0.1) is 13.8 Å². The molecule has 1 N–H and O–H groups in total. The van der Waals surface area contributed by atoms with Gasteiger partial charge in [0.2, 0.25) is 12.2 Å². The molecule has 1 unspecified atom stereocenters. The molecule has 1 aliphatic heterocycles. The van der Waals surface area contributed by atoms with Crippen LogP contribution in [0.1, 0.15) is 23.9 Å². The number of rotatable bonds is 4. The average molecular weight is 309 g/mol. The minimum Gasteiger partial charge on any atom is -0.315 e. The number of aromatic nitrogens is 2. The SMILES string of the molecule is CCc1ccc(N2C(=O)C=NC2Nc2nc(C)cc(C)n2)cc1. The summed E-state index contributed by atoms with van der Waals surface area (Å²) in [5.74, 6) is 0.311. The van der Waals surface area contributed by atoms with Crippen LogP contribution in [-0.2, 0) is 11.2 Å². The van der Waals surface area contributed by atoms with Crippen LogP contribution in [0.3, 0.4) is 0 Å². The quantitative estimate of drug-likeness (QED) is 0.942. The molecular formula is C17H19N5O. The molecule has 118 valence electrons. The van der Waals surface area contributed by atoms with Gasteiger partial charge in [-0.2, -0.15) is 0 Å². The molecule has 0 saturated carbocycles. The topological polar surface area (TPSA) is 70.5 Å². The zero-order chi connectivity index (χ0) is 16.4. The Morgan fingerprint density at radius 3 is 2.39 bits per heavy atom. The van der Waals surface area contributed by atoms with E-state index in [2.05, 4.69) is 27.2 Å². The fourth-order valence-electron chi connectivity index (χ4n) is 2.55. The number of nitrogens with one attached hydrogen (secondary N) is 1. The van der Waals surface area contributed by atoms with Crippen LogP contribution in [0.15, 0.2) is 35.3 Å². The number of nitrogens with zero attached hydrogens (tertiary/aromatic N) is 4. The van der Waals surface area contributed by atoms with Gasteiger partial charge in [0.05, 0.1) is 6.21 Å². The van der Waals surface area contributed by atoms with E-state index in [9.17, 15) is 4.79 Å². The fourth-order valence-corrected chi connectivity index (χ4v) is 2.55. The van der Waals surface area contributed by atoms with Crippen LogP contribution in [0.2, 0.25) is 0 Å². The lowest BCUT2D eigenvalue weighted by molar-refractivity contribution is -0.111. The number of hydrogen-bond donors (Lipinski definition) is 1. The van der Waals surface area contributed by atoms with Gasteiger partial charge in [0.25, 0.3) is 5.91 Å². The molecule has 1 amide bonds. The first-order chi connectivity index (χ1) is 11.1. The fraction of sp³-hybridized carbons (Fsp3) is 0.294. The number of amides is 1. The Bertz CT molecular complexity index is 734. The lowest BCUT2D eigenvalue weighted by Crippen LogP contribution is -2.40. The van der Waals surface area contributed by atoms with E-state index >= 15 is 0 Å². The van der Waals surface area contributed by atoms with Crippen molar-refractivity contribution < 1.29 is 4.79 Å². The van der Waals surface area contributed by atoms with Gasteiger partial charge in [-0.15, -0.1) is 0 Å². The molecule has 2 heterocycles. The summed E-state index contributed by atoms with van der Waals surface area (Å²) in [4.78, 5) is 26.7. The van der Waals surface area contributed by atoms with Crippen LogP contribution in [0.4, 0.5) is 11.6 Å². The molecule has 0 saturated heterocycles. The molecule has 23 heavy (non-hydrogen) atoms. The van der Waals surface area contributed by atoms with Crippen LogP contribution in [-0.4, -0.2) is 28.4 Å². The molecule has 0 radical (unpaired) electrons. The van der Waals surface area contributed by atoms with E-state index in [1.54, 1.807) is 4.90 Å². The van der Waals surface area contributed by atoms with Gasteiger partial charge < -0.3 is 5.32 Å². The summed E-state index contributed by atoms with van der Waals surface area (Å²) in [6.07, 6.45) is 1.76. The van der Waals surface area contributed by atoms with Gasteiger partial charge in [0.15, 0.2) is 0 Å². The van der Waals surface area contributed by atoms with Gasteiger partial charge in [-0.25, -0.2) is 15.0 Å². The summed E-state index contributed by atoms with van der Waals surface area (Å²) in [5, 5.41) is 3.12. The zero-order valence-corrected chi connectivity index (χ0v) is 13.4. The Hall–Kier alpha value is -2.76. The molecule has 0 spiro atoms. The van der Waals surface area contributed by atoms with Crippen molar-refractivity contribution >= 4 is 23.8 Å². The monoisotopic (exact) mass is 309 g/mol. The Labute approximate surface area is 135 Å². The average Bonchev–Trinajstić information content (AvgIpc) is 2.87. The summed E-state index contributed by atoms with van der Waals surface area (Å²) in [6.45, 7) is 5.91. The minimum atomic E-state index is -0.531. The number of benzene rings is 1. The van der Waals surface area contributed by atoms with Crippen molar-refractivity contribution in [1.82, 2.24) is 9.97 Å². The first-order valence-electron chi connectivity index (χ1n) is 7.61. The molecule has 0 fully saturated rings. The first kappa shape index (κ1) is 15.1. The summed E-state index contributed by atoms with van der Waals surface area (Å²) >= 11 is 0. The van der Waals surface area contributed by atoms with E-state index in [1.807, 2.05) is 44.2 Å². The summed E-state index contributed by atoms with van der Waals surface area (Å²) < 4.78 is 0.